The minimum Gasteiger partial charge on any atom is -0.305 e. The Hall–Kier alpha value is -0.470. The van der Waals surface area contributed by atoms with Crippen LogP contribution in [-0.4, -0.2) is 30.8 Å². The van der Waals surface area contributed by atoms with Gasteiger partial charge in [0.25, 0.3) is 0 Å². The molecule has 0 N–H and O–H groups in total. The number of thiol groups is 1. The standard InChI is InChI=1S/C14H23NS/c1-12(2)9-15(3)10-14(11-16)13-7-5-4-6-8-13/h4-8,12,14,16H,9-11H2,1-3H3. The van der Waals surface area contributed by atoms with E-state index in [4.69, 9.17) is 0 Å². The fourth-order valence-electron chi connectivity index (χ4n) is 2.07. The average molecular weight is 237 g/mol. The number of hydrogen-bond acceptors (Lipinski definition) is 2. The van der Waals surface area contributed by atoms with Gasteiger partial charge in [-0.05, 0) is 24.3 Å². The molecule has 0 radical (unpaired) electrons. The number of nitrogens with zero attached hydrogens (tertiary/aromatic N) is 1. The summed E-state index contributed by atoms with van der Waals surface area (Å²) >= 11 is 4.47. The minimum atomic E-state index is 0.535. The Labute approximate surface area is 105 Å². The van der Waals surface area contributed by atoms with Gasteiger partial charge in [0.1, 0.15) is 0 Å². The van der Waals surface area contributed by atoms with E-state index in [0.717, 1.165) is 24.8 Å². The zero-order chi connectivity index (χ0) is 12.0. The maximum absolute atomic E-state index is 4.47. The lowest BCUT2D eigenvalue weighted by atomic mass is 10.0. The van der Waals surface area contributed by atoms with Gasteiger partial charge in [-0.2, -0.15) is 12.6 Å². The molecule has 0 saturated carbocycles. The summed E-state index contributed by atoms with van der Waals surface area (Å²) in [6.07, 6.45) is 0. The summed E-state index contributed by atoms with van der Waals surface area (Å²) in [5, 5.41) is 0. The minimum absolute atomic E-state index is 0.535. The summed E-state index contributed by atoms with van der Waals surface area (Å²) in [7, 11) is 2.19. The summed E-state index contributed by atoms with van der Waals surface area (Å²) < 4.78 is 0. The highest BCUT2D eigenvalue weighted by molar-refractivity contribution is 7.80. The van der Waals surface area contributed by atoms with Crippen molar-refractivity contribution in [2.75, 3.05) is 25.9 Å². The summed E-state index contributed by atoms with van der Waals surface area (Å²) in [6.45, 7) is 6.76. The second kappa shape index (κ2) is 6.97. The summed E-state index contributed by atoms with van der Waals surface area (Å²) in [5.74, 6) is 2.17. The summed E-state index contributed by atoms with van der Waals surface area (Å²) in [5.41, 5.74) is 1.40. The highest BCUT2D eigenvalue weighted by Gasteiger charge is 2.12. The molecule has 0 spiro atoms. The lowest BCUT2D eigenvalue weighted by Gasteiger charge is -2.24. The third-order valence-electron chi connectivity index (χ3n) is 2.70. The first-order chi connectivity index (χ1) is 7.63. The molecule has 0 aromatic heterocycles. The maximum Gasteiger partial charge on any atom is 0.00552 e. The predicted molar refractivity (Wildman–Crippen MR) is 75.4 cm³/mol. The molecule has 0 heterocycles. The van der Waals surface area contributed by atoms with E-state index in [9.17, 15) is 0 Å². The SMILES string of the molecule is CC(C)CN(C)CC(CS)c1ccccc1. The van der Waals surface area contributed by atoms with Gasteiger partial charge in [-0.15, -0.1) is 0 Å². The molecule has 1 nitrogen and oxygen atoms in total. The number of likely N-dealkylation sites (N-methyl/N-ethyl adjacent to an activating group) is 1. The highest BCUT2D eigenvalue weighted by atomic mass is 32.1. The van der Waals surface area contributed by atoms with Crippen LogP contribution in [0.15, 0.2) is 30.3 Å². The van der Waals surface area contributed by atoms with Crippen molar-refractivity contribution < 1.29 is 0 Å². The fraction of sp³-hybridized carbons (Fsp3) is 0.571. The second-order valence-electron chi connectivity index (χ2n) is 4.91. The van der Waals surface area contributed by atoms with Crippen LogP contribution in [0.25, 0.3) is 0 Å². The number of benzene rings is 1. The van der Waals surface area contributed by atoms with Gasteiger partial charge in [-0.3, -0.25) is 0 Å². The van der Waals surface area contributed by atoms with Gasteiger partial charge in [0.2, 0.25) is 0 Å². The molecule has 0 aliphatic carbocycles. The highest BCUT2D eigenvalue weighted by Crippen LogP contribution is 2.18. The first-order valence-corrected chi connectivity index (χ1v) is 6.61. The van der Waals surface area contributed by atoms with Crippen LogP contribution >= 0.6 is 12.6 Å². The van der Waals surface area contributed by atoms with Crippen LogP contribution in [0.4, 0.5) is 0 Å². The van der Waals surface area contributed by atoms with Gasteiger partial charge in [0.05, 0.1) is 0 Å². The summed E-state index contributed by atoms with van der Waals surface area (Å²) in [6, 6.07) is 10.7. The Morgan fingerprint density at radius 3 is 2.25 bits per heavy atom. The van der Waals surface area contributed by atoms with Gasteiger partial charge >= 0.3 is 0 Å². The van der Waals surface area contributed by atoms with E-state index in [-0.39, 0.29) is 0 Å². The van der Waals surface area contributed by atoms with Crippen molar-refractivity contribution >= 4 is 12.6 Å². The van der Waals surface area contributed by atoms with Crippen molar-refractivity contribution in [3.05, 3.63) is 35.9 Å². The third-order valence-corrected chi connectivity index (χ3v) is 3.14. The van der Waals surface area contributed by atoms with Crippen molar-refractivity contribution in [3.8, 4) is 0 Å². The Morgan fingerprint density at radius 2 is 1.75 bits per heavy atom. The molecule has 16 heavy (non-hydrogen) atoms. The predicted octanol–water partition coefficient (Wildman–Crippen LogP) is 3.29. The van der Waals surface area contributed by atoms with Gasteiger partial charge in [0.15, 0.2) is 0 Å². The maximum atomic E-state index is 4.47. The smallest absolute Gasteiger partial charge is 0.00552 e. The molecule has 0 amide bonds. The van der Waals surface area contributed by atoms with Gasteiger partial charge in [-0.25, -0.2) is 0 Å². The second-order valence-corrected chi connectivity index (χ2v) is 5.27. The molecule has 2 heteroatoms. The van der Waals surface area contributed by atoms with E-state index in [1.165, 1.54) is 5.56 Å². The lowest BCUT2D eigenvalue weighted by Crippen LogP contribution is -2.28. The molecule has 1 atom stereocenters. The molecule has 90 valence electrons. The van der Waals surface area contributed by atoms with Crippen molar-refractivity contribution in [3.63, 3.8) is 0 Å². The largest absolute Gasteiger partial charge is 0.305 e. The fourth-order valence-corrected chi connectivity index (χ4v) is 2.39. The zero-order valence-corrected chi connectivity index (χ0v) is 11.5. The van der Waals surface area contributed by atoms with E-state index in [1.807, 2.05) is 0 Å². The van der Waals surface area contributed by atoms with E-state index >= 15 is 0 Å². The monoisotopic (exact) mass is 237 g/mol. The summed E-state index contributed by atoms with van der Waals surface area (Å²) in [4.78, 5) is 2.40. The molecular formula is C14H23NS. The quantitative estimate of drug-likeness (QED) is 0.743. The van der Waals surface area contributed by atoms with Crippen molar-refractivity contribution in [1.29, 1.82) is 0 Å². The zero-order valence-electron chi connectivity index (χ0n) is 10.6. The topological polar surface area (TPSA) is 3.24 Å². The van der Waals surface area contributed by atoms with Crippen molar-refractivity contribution in [2.24, 2.45) is 5.92 Å². The molecule has 0 bridgehead atoms. The van der Waals surface area contributed by atoms with Crippen molar-refractivity contribution in [1.82, 2.24) is 4.90 Å². The van der Waals surface area contributed by atoms with Gasteiger partial charge in [0, 0.05) is 19.0 Å². The molecule has 0 aliphatic heterocycles. The van der Waals surface area contributed by atoms with E-state index in [2.05, 4.69) is 68.8 Å². The Morgan fingerprint density at radius 1 is 1.12 bits per heavy atom. The van der Waals surface area contributed by atoms with Crippen LogP contribution in [0, 0.1) is 5.92 Å². The van der Waals surface area contributed by atoms with E-state index < -0.39 is 0 Å². The van der Waals surface area contributed by atoms with Crippen LogP contribution in [0.1, 0.15) is 25.3 Å². The first-order valence-electron chi connectivity index (χ1n) is 5.97. The molecule has 1 aromatic rings. The van der Waals surface area contributed by atoms with Crippen LogP contribution in [0.2, 0.25) is 0 Å². The molecular weight excluding hydrogens is 214 g/mol. The number of hydrogen-bond donors (Lipinski definition) is 1. The van der Waals surface area contributed by atoms with E-state index in [0.29, 0.717) is 5.92 Å². The van der Waals surface area contributed by atoms with Gasteiger partial charge < -0.3 is 4.90 Å². The lowest BCUT2D eigenvalue weighted by molar-refractivity contribution is 0.283. The number of rotatable bonds is 6. The molecule has 1 rings (SSSR count). The van der Waals surface area contributed by atoms with E-state index in [1.54, 1.807) is 0 Å². The van der Waals surface area contributed by atoms with Crippen molar-refractivity contribution in [2.45, 2.75) is 19.8 Å². The third kappa shape index (κ3) is 4.58. The molecule has 0 fully saturated rings. The molecule has 0 saturated heterocycles. The molecule has 0 aliphatic rings. The Balaban J connectivity index is 2.56. The Bertz CT molecular complexity index is 284. The Kier molecular flexibility index (Phi) is 5.93. The van der Waals surface area contributed by atoms with Crippen LogP contribution in [0.3, 0.4) is 0 Å². The van der Waals surface area contributed by atoms with Crippen LogP contribution in [0.5, 0.6) is 0 Å². The molecule has 1 aromatic carbocycles. The first kappa shape index (κ1) is 13.6. The van der Waals surface area contributed by atoms with Crippen LogP contribution in [-0.2, 0) is 0 Å². The average Bonchev–Trinajstić information content (AvgIpc) is 2.26. The van der Waals surface area contributed by atoms with Gasteiger partial charge in [-0.1, -0.05) is 44.2 Å². The normalized spacial score (nSPS) is 13.4. The van der Waals surface area contributed by atoms with Crippen LogP contribution < -0.4 is 0 Å². The molecule has 1 unspecified atom stereocenters.